The van der Waals surface area contributed by atoms with Crippen molar-refractivity contribution in [2.24, 2.45) is 0 Å². The Morgan fingerprint density at radius 1 is 1.12 bits per heavy atom. The number of amides is 1. The van der Waals surface area contributed by atoms with Gasteiger partial charge in [0.15, 0.2) is 0 Å². The third kappa shape index (κ3) is 3.84. The van der Waals surface area contributed by atoms with Crippen molar-refractivity contribution in [2.75, 3.05) is 31.1 Å². The van der Waals surface area contributed by atoms with E-state index in [4.69, 9.17) is 16.1 Å². The number of carbonyl (C=O) groups is 1. The SMILES string of the molecule is Cc1onc(-c2cccc3cccnc23)c1C(=O)N1CCN(c2ccc([N+](=O)[O-])cc2Cl)CC1. The lowest BCUT2D eigenvalue weighted by molar-refractivity contribution is -0.384. The van der Waals surface area contributed by atoms with Crippen LogP contribution in [-0.4, -0.2) is 52.1 Å². The van der Waals surface area contributed by atoms with E-state index in [-0.39, 0.29) is 11.6 Å². The number of nitro benzene ring substituents is 1. The van der Waals surface area contributed by atoms with E-state index in [0.29, 0.717) is 53.9 Å². The standard InChI is InChI=1S/C24H20ClN5O4/c1-15-21(23(27-34-15)18-6-2-4-16-5-3-9-26-22(16)18)24(31)29-12-10-28(11-13-29)20-8-7-17(30(32)33)14-19(20)25/h2-9,14H,10-13H2,1H3. The number of nitrogens with zero attached hydrogens (tertiary/aromatic N) is 5. The van der Waals surface area contributed by atoms with Gasteiger partial charge in [0.2, 0.25) is 0 Å². The second kappa shape index (κ2) is 8.75. The predicted octanol–water partition coefficient (Wildman–Crippen LogP) is 4.72. The molecule has 3 heterocycles. The van der Waals surface area contributed by atoms with Gasteiger partial charge in [-0.1, -0.05) is 41.0 Å². The van der Waals surface area contributed by atoms with Gasteiger partial charge in [-0.15, -0.1) is 0 Å². The van der Waals surface area contributed by atoms with Gasteiger partial charge < -0.3 is 14.3 Å². The minimum absolute atomic E-state index is 0.0547. The number of aromatic nitrogens is 2. The number of pyridine rings is 1. The largest absolute Gasteiger partial charge is 0.367 e. The van der Waals surface area contributed by atoms with Crippen LogP contribution in [0.15, 0.2) is 59.3 Å². The molecule has 0 bridgehead atoms. The number of non-ortho nitro benzene ring substituents is 1. The van der Waals surface area contributed by atoms with Crippen molar-refractivity contribution in [3.63, 3.8) is 0 Å². The number of nitro groups is 1. The first-order valence-electron chi connectivity index (χ1n) is 10.7. The number of benzene rings is 2. The Morgan fingerprint density at radius 3 is 2.62 bits per heavy atom. The predicted molar refractivity (Wildman–Crippen MR) is 128 cm³/mol. The van der Waals surface area contributed by atoms with Crippen LogP contribution >= 0.6 is 11.6 Å². The normalized spacial score (nSPS) is 13.9. The summed E-state index contributed by atoms with van der Waals surface area (Å²) in [4.78, 5) is 32.3. The number of fused-ring (bicyclic) bond motifs is 1. The van der Waals surface area contributed by atoms with Gasteiger partial charge in [0.1, 0.15) is 17.0 Å². The summed E-state index contributed by atoms with van der Waals surface area (Å²) in [6.45, 7) is 3.74. The molecule has 0 atom stereocenters. The van der Waals surface area contributed by atoms with Gasteiger partial charge >= 0.3 is 0 Å². The molecule has 1 amide bonds. The summed E-state index contributed by atoms with van der Waals surface area (Å²) >= 11 is 6.29. The van der Waals surface area contributed by atoms with Gasteiger partial charge in [0, 0.05) is 55.5 Å². The maximum atomic E-state index is 13.5. The number of halogens is 1. The molecule has 1 saturated heterocycles. The molecule has 1 fully saturated rings. The summed E-state index contributed by atoms with van der Waals surface area (Å²) in [7, 11) is 0. The molecule has 4 aromatic rings. The van der Waals surface area contributed by atoms with Crippen molar-refractivity contribution in [1.29, 1.82) is 0 Å². The Bertz CT molecular complexity index is 1410. The van der Waals surface area contributed by atoms with E-state index in [1.54, 1.807) is 24.1 Å². The monoisotopic (exact) mass is 477 g/mol. The maximum Gasteiger partial charge on any atom is 0.271 e. The summed E-state index contributed by atoms with van der Waals surface area (Å²) < 4.78 is 5.44. The Morgan fingerprint density at radius 2 is 1.88 bits per heavy atom. The molecule has 0 spiro atoms. The number of hydrogen-bond donors (Lipinski definition) is 0. The highest BCUT2D eigenvalue weighted by atomic mass is 35.5. The number of hydrogen-bond acceptors (Lipinski definition) is 7. The number of carbonyl (C=O) groups excluding carboxylic acids is 1. The quantitative estimate of drug-likeness (QED) is 0.309. The van der Waals surface area contributed by atoms with E-state index < -0.39 is 4.92 Å². The second-order valence-electron chi connectivity index (χ2n) is 8.02. The van der Waals surface area contributed by atoms with Crippen molar-refractivity contribution in [3.8, 4) is 11.3 Å². The fraction of sp³-hybridized carbons (Fsp3) is 0.208. The highest BCUT2D eigenvalue weighted by molar-refractivity contribution is 6.33. The third-order valence-electron chi connectivity index (χ3n) is 6.01. The highest BCUT2D eigenvalue weighted by Crippen LogP contribution is 2.33. The molecular formula is C24H20ClN5O4. The topological polar surface area (TPSA) is 106 Å². The molecule has 0 N–H and O–H groups in total. The average molecular weight is 478 g/mol. The first-order chi connectivity index (χ1) is 16.4. The van der Waals surface area contributed by atoms with Crippen LogP contribution in [0, 0.1) is 17.0 Å². The Hall–Kier alpha value is -3.98. The van der Waals surface area contributed by atoms with Gasteiger partial charge in [-0.3, -0.25) is 19.9 Å². The number of piperazine rings is 1. The van der Waals surface area contributed by atoms with Crippen molar-refractivity contribution >= 4 is 39.8 Å². The van der Waals surface area contributed by atoms with Crippen LogP contribution in [0.3, 0.4) is 0 Å². The number of aryl methyl sites for hydroxylation is 1. The lowest BCUT2D eigenvalue weighted by Crippen LogP contribution is -2.49. The molecule has 0 aliphatic carbocycles. The van der Waals surface area contributed by atoms with Crippen LogP contribution in [-0.2, 0) is 0 Å². The summed E-state index contributed by atoms with van der Waals surface area (Å²) in [5.74, 6) is 0.296. The minimum atomic E-state index is -0.476. The molecule has 1 aliphatic rings. The summed E-state index contributed by atoms with van der Waals surface area (Å²) in [5.41, 5.74) is 3.07. The number of anilines is 1. The van der Waals surface area contributed by atoms with Crippen LogP contribution in [0.2, 0.25) is 5.02 Å². The smallest absolute Gasteiger partial charge is 0.271 e. The highest BCUT2D eigenvalue weighted by Gasteiger charge is 2.30. The number of rotatable bonds is 4. The molecule has 9 nitrogen and oxygen atoms in total. The van der Waals surface area contributed by atoms with Crippen LogP contribution in [0.1, 0.15) is 16.1 Å². The molecular weight excluding hydrogens is 458 g/mol. The second-order valence-corrected chi connectivity index (χ2v) is 8.42. The first kappa shape index (κ1) is 21.8. The van der Waals surface area contributed by atoms with Crippen molar-refractivity contribution in [2.45, 2.75) is 6.92 Å². The summed E-state index contributed by atoms with van der Waals surface area (Å²) in [5, 5.41) is 16.4. The zero-order valence-electron chi connectivity index (χ0n) is 18.3. The molecule has 172 valence electrons. The fourth-order valence-corrected chi connectivity index (χ4v) is 4.57. The molecule has 34 heavy (non-hydrogen) atoms. The van der Waals surface area contributed by atoms with Crippen LogP contribution in [0.4, 0.5) is 11.4 Å². The fourth-order valence-electron chi connectivity index (χ4n) is 4.28. The van der Waals surface area contributed by atoms with Gasteiger partial charge in [-0.05, 0) is 19.1 Å². The van der Waals surface area contributed by atoms with Gasteiger partial charge in [0.05, 0.1) is 21.2 Å². The molecule has 2 aromatic carbocycles. The minimum Gasteiger partial charge on any atom is -0.367 e. The Kier molecular flexibility index (Phi) is 5.62. The van der Waals surface area contributed by atoms with Crippen LogP contribution < -0.4 is 4.90 Å². The van der Waals surface area contributed by atoms with E-state index in [0.717, 1.165) is 16.5 Å². The zero-order valence-corrected chi connectivity index (χ0v) is 19.0. The van der Waals surface area contributed by atoms with Gasteiger partial charge in [-0.2, -0.15) is 0 Å². The lowest BCUT2D eigenvalue weighted by Gasteiger charge is -2.36. The maximum absolute atomic E-state index is 13.5. The average Bonchev–Trinajstić information content (AvgIpc) is 3.24. The van der Waals surface area contributed by atoms with E-state index in [2.05, 4.69) is 10.1 Å². The van der Waals surface area contributed by atoms with E-state index in [9.17, 15) is 14.9 Å². The van der Waals surface area contributed by atoms with Crippen molar-refractivity contribution < 1.29 is 14.2 Å². The molecule has 2 aromatic heterocycles. The van der Waals surface area contributed by atoms with Crippen LogP contribution in [0.5, 0.6) is 0 Å². The Balaban J connectivity index is 1.38. The molecule has 5 rings (SSSR count). The zero-order chi connectivity index (χ0) is 23.8. The van der Waals surface area contributed by atoms with E-state index >= 15 is 0 Å². The van der Waals surface area contributed by atoms with Crippen molar-refractivity contribution in [3.05, 3.63) is 81.2 Å². The van der Waals surface area contributed by atoms with Crippen LogP contribution in [0.25, 0.3) is 22.2 Å². The number of para-hydroxylation sites is 1. The van der Waals surface area contributed by atoms with E-state index in [1.165, 1.54) is 12.1 Å². The third-order valence-corrected chi connectivity index (χ3v) is 6.32. The van der Waals surface area contributed by atoms with Gasteiger partial charge in [-0.25, -0.2) is 0 Å². The molecule has 0 radical (unpaired) electrons. The molecule has 0 unspecified atom stereocenters. The molecule has 10 heteroatoms. The van der Waals surface area contributed by atoms with Gasteiger partial charge in [0.25, 0.3) is 11.6 Å². The first-order valence-corrected chi connectivity index (χ1v) is 11.1. The summed E-state index contributed by atoms with van der Waals surface area (Å²) in [6, 6.07) is 14.0. The van der Waals surface area contributed by atoms with E-state index in [1.807, 2.05) is 35.2 Å². The summed E-state index contributed by atoms with van der Waals surface area (Å²) in [6.07, 6.45) is 1.71. The lowest BCUT2D eigenvalue weighted by atomic mass is 10.0. The van der Waals surface area contributed by atoms with Crippen molar-refractivity contribution in [1.82, 2.24) is 15.0 Å². The Labute approximate surface area is 199 Å². The molecule has 0 saturated carbocycles. The molecule has 1 aliphatic heterocycles.